The van der Waals surface area contributed by atoms with Gasteiger partial charge in [-0.2, -0.15) is 13.5 Å². The zero-order valence-electron chi connectivity index (χ0n) is 16.9. The monoisotopic (exact) mass is 501 g/mol. The van der Waals surface area contributed by atoms with E-state index in [9.17, 15) is 13.5 Å². The van der Waals surface area contributed by atoms with E-state index in [0.29, 0.717) is 15.6 Å². The summed E-state index contributed by atoms with van der Waals surface area (Å²) >= 11 is 12.2. The summed E-state index contributed by atoms with van der Waals surface area (Å²) in [5.74, 6) is -1.12. The highest BCUT2D eigenvalue weighted by Crippen LogP contribution is 2.40. The molecule has 2 atom stereocenters. The van der Waals surface area contributed by atoms with E-state index < -0.39 is 22.0 Å². The maximum Gasteiger partial charge on any atom is 0.294 e. The van der Waals surface area contributed by atoms with Crippen molar-refractivity contribution >= 4 is 33.3 Å². The number of hydrogen-bond donors (Lipinski definition) is 2. The second-order valence-electron chi connectivity index (χ2n) is 6.99. The Bertz CT molecular complexity index is 1140. The first-order valence-corrected chi connectivity index (χ1v) is 11.6. The van der Waals surface area contributed by atoms with E-state index in [1.165, 1.54) is 18.5 Å². The van der Waals surface area contributed by atoms with E-state index in [1.54, 1.807) is 41.3 Å². The van der Waals surface area contributed by atoms with Crippen molar-refractivity contribution in [1.29, 1.82) is 0 Å². The van der Waals surface area contributed by atoms with Crippen molar-refractivity contribution in [2.24, 2.45) is 0 Å². The molecule has 172 valence electrons. The largest absolute Gasteiger partial charge is 0.394 e. The van der Waals surface area contributed by atoms with E-state index in [-0.39, 0.29) is 24.7 Å². The highest BCUT2D eigenvalue weighted by atomic mass is 35.5. The first-order valence-electron chi connectivity index (χ1n) is 9.38. The van der Waals surface area contributed by atoms with Crippen molar-refractivity contribution in [2.75, 3.05) is 13.2 Å². The molecule has 0 amide bonds. The van der Waals surface area contributed by atoms with E-state index in [4.69, 9.17) is 37.2 Å². The highest BCUT2D eigenvalue weighted by Gasteiger charge is 2.45. The fourth-order valence-corrected chi connectivity index (χ4v) is 4.03. The van der Waals surface area contributed by atoms with Crippen molar-refractivity contribution in [3.8, 4) is 0 Å². The van der Waals surface area contributed by atoms with Crippen LogP contribution in [0.1, 0.15) is 11.1 Å². The van der Waals surface area contributed by atoms with Gasteiger partial charge < -0.3 is 14.6 Å². The van der Waals surface area contributed by atoms with Crippen LogP contribution in [0.4, 0.5) is 0 Å². The summed E-state index contributed by atoms with van der Waals surface area (Å²) in [5.41, 5.74) is 1.59. The van der Waals surface area contributed by atoms with Gasteiger partial charge in [0.2, 0.25) is 5.79 Å². The average molecular weight is 502 g/mol. The minimum absolute atomic E-state index is 0.0666. The van der Waals surface area contributed by atoms with Crippen LogP contribution in [0.2, 0.25) is 10.0 Å². The van der Waals surface area contributed by atoms with Gasteiger partial charge in [0, 0.05) is 10.6 Å². The summed E-state index contributed by atoms with van der Waals surface area (Å²) < 4.78 is 42.9. The van der Waals surface area contributed by atoms with Gasteiger partial charge in [-0.15, -0.1) is 0 Å². The van der Waals surface area contributed by atoms with Gasteiger partial charge in [-0.1, -0.05) is 47.0 Å². The van der Waals surface area contributed by atoms with Crippen LogP contribution in [0.3, 0.4) is 0 Å². The predicted octanol–water partition coefficient (Wildman–Crippen LogP) is 3.09. The normalized spacial score (nSPS) is 20.6. The Labute approximate surface area is 195 Å². The fraction of sp³-hybridized carbons (Fsp3) is 0.300. The third-order valence-electron chi connectivity index (χ3n) is 4.56. The SMILES string of the molecule is Cc1ccc(S(=O)(=O)O)cc1.OC[C@H]1CO[C@](Cn2cncn2)(c2ccc(Cl)cc2Cl)O1. The molecule has 0 saturated carbocycles. The molecule has 1 saturated heterocycles. The molecule has 0 aliphatic carbocycles. The molecule has 2 heterocycles. The number of aryl methyl sites for hydroxylation is 1. The summed E-state index contributed by atoms with van der Waals surface area (Å²) in [4.78, 5) is 3.84. The lowest BCUT2D eigenvalue weighted by atomic mass is 10.1. The van der Waals surface area contributed by atoms with Crippen molar-refractivity contribution in [2.45, 2.75) is 30.3 Å². The molecule has 0 radical (unpaired) electrons. The molecule has 4 rings (SSSR count). The zero-order valence-corrected chi connectivity index (χ0v) is 19.3. The van der Waals surface area contributed by atoms with Crippen LogP contribution >= 0.6 is 23.2 Å². The molecular formula is C20H21Cl2N3O6S. The summed E-state index contributed by atoms with van der Waals surface area (Å²) in [7, 11) is -4.02. The van der Waals surface area contributed by atoms with Crippen LogP contribution in [-0.4, -0.2) is 52.2 Å². The molecule has 9 nitrogen and oxygen atoms in total. The minimum Gasteiger partial charge on any atom is -0.394 e. The standard InChI is InChI=1S/C13H13Cl2N3O3.C7H8O3S/c14-9-1-2-11(12(15)3-9)13(6-18-8-16-7-17-18)20-5-10(4-19)21-13;1-6-2-4-7(5-3-6)11(8,9)10/h1-3,7-8,10,19H,4-6H2;2-5H,1H3,(H,8,9,10)/t10-,13-;/m0./s1. The first kappa shape index (κ1) is 24.6. The molecule has 1 aliphatic rings. The lowest BCUT2D eigenvalue weighted by molar-refractivity contribution is -0.191. The molecule has 1 aromatic heterocycles. The molecular weight excluding hydrogens is 481 g/mol. The van der Waals surface area contributed by atoms with Gasteiger partial charge in [0.25, 0.3) is 10.1 Å². The molecule has 32 heavy (non-hydrogen) atoms. The number of aromatic nitrogens is 3. The van der Waals surface area contributed by atoms with Crippen LogP contribution in [-0.2, 0) is 31.9 Å². The van der Waals surface area contributed by atoms with Crippen LogP contribution < -0.4 is 0 Å². The Balaban J connectivity index is 0.000000222. The Morgan fingerprint density at radius 3 is 2.47 bits per heavy atom. The molecule has 2 N–H and O–H groups in total. The number of benzene rings is 2. The molecule has 3 aromatic rings. The molecule has 1 fully saturated rings. The van der Waals surface area contributed by atoms with E-state index in [1.807, 2.05) is 6.92 Å². The third-order valence-corrected chi connectivity index (χ3v) is 5.98. The summed E-state index contributed by atoms with van der Waals surface area (Å²) in [6, 6.07) is 11.1. The predicted molar refractivity (Wildman–Crippen MR) is 117 cm³/mol. The van der Waals surface area contributed by atoms with Crippen LogP contribution in [0, 0.1) is 6.92 Å². The number of nitrogens with zero attached hydrogens (tertiary/aromatic N) is 3. The van der Waals surface area contributed by atoms with Crippen molar-refractivity contribution in [3.63, 3.8) is 0 Å². The number of ether oxygens (including phenoxy) is 2. The molecule has 1 aliphatic heterocycles. The first-order chi connectivity index (χ1) is 15.1. The van der Waals surface area contributed by atoms with Crippen LogP contribution in [0.15, 0.2) is 60.0 Å². The lowest BCUT2D eigenvalue weighted by Gasteiger charge is -2.29. The second kappa shape index (κ2) is 10.3. The van der Waals surface area contributed by atoms with E-state index >= 15 is 0 Å². The van der Waals surface area contributed by atoms with E-state index in [2.05, 4.69) is 10.1 Å². The van der Waals surface area contributed by atoms with Crippen molar-refractivity contribution < 1.29 is 27.6 Å². The number of rotatable bonds is 5. The molecule has 12 heteroatoms. The topological polar surface area (TPSA) is 124 Å². The van der Waals surface area contributed by atoms with Gasteiger partial charge in [-0.25, -0.2) is 9.67 Å². The Morgan fingerprint density at radius 1 is 1.22 bits per heavy atom. The van der Waals surface area contributed by atoms with Gasteiger partial charge in [0.05, 0.1) is 23.1 Å². The molecule has 2 aromatic carbocycles. The molecule has 0 bridgehead atoms. The smallest absolute Gasteiger partial charge is 0.294 e. The maximum absolute atomic E-state index is 10.5. The van der Waals surface area contributed by atoms with Gasteiger partial charge in [-0.05, 0) is 31.2 Å². The Kier molecular flexibility index (Phi) is 7.88. The average Bonchev–Trinajstić information content (AvgIpc) is 3.39. The summed E-state index contributed by atoms with van der Waals surface area (Å²) in [6.07, 6.45) is 2.57. The molecule has 0 spiro atoms. The zero-order chi connectivity index (χ0) is 23.4. The van der Waals surface area contributed by atoms with Gasteiger partial charge in [0.15, 0.2) is 0 Å². The summed E-state index contributed by atoms with van der Waals surface area (Å²) in [5, 5.41) is 14.3. The number of aliphatic hydroxyl groups excluding tert-OH is 1. The lowest BCUT2D eigenvalue weighted by Crippen LogP contribution is -2.34. The third kappa shape index (κ3) is 6.04. The summed E-state index contributed by atoms with van der Waals surface area (Å²) in [6.45, 7) is 2.24. The van der Waals surface area contributed by atoms with Gasteiger partial charge in [0.1, 0.15) is 25.3 Å². The quantitative estimate of drug-likeness (QED) is 0.511. The fourth-order valence-electron chi connectivity index (χ4n) is 3.00. The molecule has 0 unspecified atom stereocenters. The maximum atomic E-state index is 10.5. The minimum atomic E-state index is -4.02. The van der Waals surface area contributed by atoms with Crippen LogP contribution in [0.25, 0.3) is 0 Å². The van der Waals surface area contributed by atoms with Gasteiger partial charge >= 0.3 is 0 Å². The Morgan fingerprint density at radius 2 is 1.94 bits per heavy atom. The Hall–Kier alpha value is -2.05. The van der Waals surface area contributed by atoms with Gasteiger partial charge in [-0.3, -0.25) is 4.55 Å². The van der Waals surface area contributed by atoms with Crippen molar-refractivity contribution in [3.05, 3.63) is 76.3 Å². The van der Waals surface area contributed by atoms with Crippen molar-refractivity contribution in [1.82, 2.24) is 14.8 Å². The van der Waals surface area contributed by atoms with E-state index in [0.717, 1.165) is 5.56 Å². The number of aliphatic hydroxyl groups is 1. The number of halogens is 2. The second-order valence-corrected chi connectivity index (χ2v) is 9.26. The number of hydrogen-bond acceptors (Lipinski definition) is 7. The highest BCUT2D eigenvalue weighted by molar-refractivity contribution is 7.85. The van der Waals surface area contributed by atoms with Crippen LogP contribution in [0.5, 0.6) is 0 Å².